The number of aliphatic carboxylic acids is 1. The van der Waals surface area contributed by atoms with Crippen molar-refractivity contribution in [3.8, 4) is 0 Å². The first-order valence-electron chi connectivity index (χ1n) is 13.1. The molecule has 0 aliphatic heterocycles. The highest BCUT2D eigenvalue weighted by Gasteiger charge is 2.67. The molecule has 3 saturated carbocycles. The molecule has 5 aliphatic carbocycles. The molecular formula is C30H40O4. The largest absolute Gasteiger partial charge is 0.481 e. The summed E-state index contributed by atoms with van der Waals surface area (Å²) >= 11 is 0. The molecule has 0 heterocycles. The van der Waals surface area contributed by atoms with E-state index in [2.05, 4.69) is 40.7 Å². The maximum absolute atomic E-state index is 12.6. The van der Waals surface area contributed by atoms with Crippen molar-refractivity contribution in [2.24, 2.45) is 38.9 Å². The van der Waals surface area contributed by atoms with Crippen LogP contribution < -0.4 is 0 Å². The van der Waals surface area contributed by atoms with Gasteiger partial charge >= 0.3 is 5.97 Å². The minimum atomic E-state index is -0.661. The van der Waals surface area contributed by atoms with Crippen molar-refractivity contribution in [3.63, 3.8) is 0 Å². The lowest BCUT2D eigenvalue weighted by Crippen LogP contribution is -2.62. The van der Waals surface area contributed by atoms with Crippen LogP contribution in [0, 0.1) is 38.9 Å². The Morgan fingerprint density at radius 1 is 0.971 bits per heavy atom. The maximum Gasteiger partial charge on any atom is 0.309 e. The number of allylic oxidation sites excluding steroid dienone is 6. The Hall–Kier alpha value is -1.97. The number of Topliss-reactive ketones (excluding diaryl/α,β-unsaturated/α-hetero) is 1. The zero-order valence-electron chi connectivity index (χ0n) is 21.9. The first kappa shape index (κ1) is 23.8. The van der Waals surface area contributed by atoms with Gasteiger partial charge < -0.3 is 5.11 Å². The number of hydrogen-bond donors (Lipinski definition) is 1. The molecule has 0 radical (unpaired) electrons. The molecule has 1 N–H and O–H groups in total. The van der Waals surface area contributed by atoms with Crippen LogP contribution >= 0.6 is 0 Å². The summed E-state index contributed by atoms with van der Waals surface area (Å²) in [6.45, 7) is 15.5. The molecule has 0 amide bonds. The quantitative estimate of drug-likeness (QED) is 0.275. The first-order chi connectivity index (χ1) is 15.6. The van der Waals surface area contributed by atoms with E-state index in [0.717, 1.165) is 56.1 Å². The fourth-order valence-electron chi connectivity index (χ4n) is 9.18. The molecule has 0 aromatic rings. The molecule has 0 spiro atoms. The zero-order chi connectivity index (χ0) is 25.1. The van der Waals surface area contributed by atoms with Crippen molar-refractivity contribution in [1.29, 1.82) is 0 Å². The van der Waals surface area contributed by atoms with Crippen LogP contribution in [0.4, 0.5) is 0 Å². The summed E-state index contributed by atoms with van der Waals surface area (Å²) in [7, 11) is 0. The topological polar surface area (TPSA) is 71.4 Å². The maximum atomic E-state index is 12.6. The van der Waals surface area contributed by atoms with Gasteiger partial charge in [0, 0.05) is 11.0 Å². The molecule has 5 aliphatic rings. The summed E-state index contributed by atoms with van der Waals surface area (Å²) < 4.78 is 0. The molecule has 3 fully saturated rings. The van der Waals surface area contributed by atoms with Crippen LogP contribution in [0.5, 0.6) is 0 Å². The van der Waals surface area contributed by atoms with Crippen LogP contribution in [0.15, 0.2) is 34.4 Å². The van der Waals surface area contributed by atoms with Crippen molar-refractivity contribution in [2.75, 3.05) is 0 Å². The Labute approximate surface area is 204 Å². The standard InChI is InChI=1S/C30H40O4/c1-17-14-21-28(5,19-15-20(31)24(32)18(2)23(17)19)11-13-30(7)22-16-27(4,25(33)34)9-8-26(22,3)10-12-29(21,30)6/h14-15,17,22H,8-13,16H2,1-7H3,(H,33,34)/t17?,22-,26-,27-,28+,29-,30+/m1/s1. The van der Waals surface area contributed by atoms with Crippen molar-refractivity contribution in [1.82, 2.24) is 0 Å². The second kappa shape index (κ2) is 6.83. The third-order valence-electron chi connectivity index (χ3n) is 11.8. The number of rotatable bonds is 1. The Morgan fingerprint density at radius 2 is 1.62 bits per heavy atom. The van der Waals surface area contributed by atoms with Crippen LogP contribution in [-0.2, 0) is 14.4 Å². The van der Waals surface area contributed by atoms with Gasteiger partial charge in [-0.1, -0.05) is 46.3 Å². The van der Waals surface area contributed by atoms with Crippen LogP contribution in [-0.4, -0.2) is 22.6 Å². The molecule has 5 rings (SSSR count). The first-order valence-corrected chi connectivity index (χ1v) is 13.1. The smallest absolute Gasteiger partial charge is 0.309 e. The molecule has 0 bridgehead atoms. The molecule has 7 atom stereocenters. The van der Waals surface area contributed by atoms with Gasteiger partial charge in [0.25, 0.3) is 0 Å². The van der Waals surface area contributed by atoms with Gasteiger partial charge in [-0.25, -0.2) is 0 Å². The third-order valence-corrected chi connectivity index (χ3v) is 11.8. The lowest BCUT2D eigenvalue weighted by atomic mass is 9.34. The van der Waals surface area contributed by atoms with Crippen LogP contribution in [0.3, 0.4) is 0 Å². The van der Waals surface area contributed by atoms with Crippen molar-refractivity contribution >= 4 is 17.5 Å². The molecule has 4 nitrogen and oxygen atoms in total. The van der Waals surface area contributed by atoms with E-state index in [-0.39, 0.29) is 39.1 Å². The number of ketones is 2. The van der Waals surface area contributed by atoms with Gasteiger partial charge in [-0.3, -0.25) is 14.4 Å². The number of fused-ring (bicyclic) bond motifs is 7. The number of carbonyl (C=O) groups excluding carboxylic acids is 2. The number of carboxylic acid groups (broad SMARTS) is 1. The highest BCUT2D eigenvalue weighted by atomic mass is 16.4. The summed E-state index contributed by atoms with van der Waals surface area (Å²) in [5, 5.41) is 10.1. The van der Waals surface area contributed by atoms with Crippen molar-refractivity contribution in [2.45, 2.75) is 93.4 Å². The minimum Gasteiger partial charge on any atom is -0.481 e. The number of carbonyl (C=O) groups is 3. The van der Waals surface area contributed by atoms with Gasteiger partial charge in [0.1, 0.15) is 0 Å². The normalized spacial score (nSPS) is 48.2. The average Bonchev–Trinajstić information content (AvgIpc) is 2.77. The van der Waals surface area contributed by atoms with Gasteiger partial charge in [-0.15, -0.1) is 0 Å². The molecule has 34 heavy (non-hydrogen) atoms. The summed E-state index contributed by atoms with van der Waals surface area (Å²) in [6, 6.07) is 0. The van der Waals surface area contributed by atoms with Crippen molar-refractivity contribution in [3.05, 3.63) is 34.4 Å². The number of hydrogen-bond acceptors (Lipinski definition) is 3. The van der Waals surface area contributed by atoms with Crippen LogP contribution in [0.2, 0.25) is 0 Å². The van der Waals surface area contributed by atoms with Crippen molar-refractivity contribution < 1.29 is 19.5 Å². The Bertz CT molecular complexity index is 1120. The molecule has 0 aromatic carbocycles. The fraction of sp³-hybridized carbons (Fsp3) is 0.700. The molecular weight excluding hydrogens is 424 g/mol. The lowest BCUT2D eigenvalue weighted by molar-refractivity contribution is -0.178. The van der Waals surface area contributed by atoms with Gasteiger partial charge in [0.15, 0.2) is 0 Å². The predicted molar refractivity (Wildman–Crippen MR) is 132 cm³/mol. The van der Waals surface area contributed by atoms with E-state index in [0.29, 0.717) is 11.5 Å². The fourth-order valence-corrected chi connectivity index (χ4v) is 9.18. The summed E-state index contributed by atoms with van der Waals surface area (Å²) in [5.41, 5.74) is 3.34. The van der Waals surface area contributed by atoms with Gasteiger partial charge in [-0.2, -0.15) is 0 Å². The van der Waals surface area contributed by atoms with E-state index in [9.17, 15) is 19.5 Å². The summed E-state index contributed by atoms with van der Waals surface area (Å²) in [4.78, 5) is 37.4. The Balaban J connectivity index is 1.67. The van der Waals surface area contributed by atoms with Crippen LogP contribution in [0.25, 0.3) is 0 Å². The molecule has 0 aromatic heterocycles. The highest BCUT2D eigenvalue weighted by Crippen LogP contribution is 2.75. The van der Waals surface area contributed by atoms with E-state index < -0.39 is 11.4 Å². The molecule has 4 heteroatoms. The lowest BCUT2D eigenvalue weighted by Gasteiger charge is -2.70. The van der Waals surface area contributed by atoms with Crippen LogP contribution in [0.1, 0.15) is 93.4 Å². The predicted octanol–water partition coefficient (Wildman–Crippen LogP) is 6.46. The average molecular weight is 465 g/mol. The van der Waals surface area contributed by atoms with E-state index in [1.807, 2.05) is 13.8 Å². The van der Waals surface area contributed by atoms with Gasteiger partial charge in [-0.05, 0) is 104 Å². The van der Waals surface area contributed by atoms with Gasteiger partial charge in [0.05, 0.1) is 5.41 Å². The van der Waals surface area contributed by atoms with E-state index in [1.165, 1.54) is 5.57 Å². The number of carboxylic acids is 1. The SMILES string of the molecule is CC1=C2C(=CC(=O)C1=O)[C@]1(C)CC[C@@]3(C)[C@@H]4C[C@](C)(C(=O)O)CC[C@]4(C)CC[C@]3(C)C1=CC2C. The molecule has 184 valence electrons. The third kappa shape index (κ3) is 2.69. The zero-order valence-corrected chi connectivity index (χ0v) is 21.9. The highest BCUT2D eigenvalue weighted by molar-refractivity contribution is 6.48. The molecule has 1 unspecified atom stereocenters. The van der Waals surface area contributed by atoms with E-state index >= 15 is 0 Å². The van der Waals surface area contributed by atoms with Gasteiger partial charge in [0.2, 0.25) is 11.6 Å². The second-order valence-corrected chi connectivity index (χ2v) is 13.5. The second-order valence-electron chi connectivity index (χ2n) is 13.5. The minimum absolute atomic E-state index is 0.00644. The Kier molecular flexibility index (Phi) is 4.77. The summed E-state index contributed by atoms with van der Waals surface area (Å²) in [5.74, 6) is -0.963. The Morgan fingerprint density at radius 3 is 2.26 bits per heavy atom. The monoisotopic (exact) mass is 464 g/mol. The summed E-state index contributed by atoms with van der Waals surface area (Å²) in [6.07, 6.45) is 10.7. The molecule has 0 saturated heterocycles. The van der Waals surface area contributed by atoms with E-state index in [1.54, 1.807) is 6.08 Å². The van der Waals surface area contributed by atoms with E-state index in [4.69, 9.17) is 0 Å².